The molecule has 0 aliphatic carbocycles. The topological polar surface area (TPSA) is 35.2 Å². The van der Waals surface area contributed by atoms with E-state index in [1.807, 2.05) is 6.92 Å². The van der Waals surface area contributed by atoms with Gasteiger partial charge in [-0.1, -0.05) is 0 Å². The van der Waals surface area contributed by atoms with Crippen molar-refractivity contribution in [3.63, 3.8) is 0 Å². The van der Waals surface area contributed by atoms with Crippen LogP contribution in [0.25, 0.3) is 0 Å². The summed E-state index contributed by atoms with van der Waals surface area (Å²) in [5, 5.41) is 0. The molecule has 0 aliphatic heterocycles. The fourth-order valence-electron chi connectivity index (χ4n) is 0.820. The van der Waals surface area contributed by atoms with Crippen LogP contribution in [0.3, 0.4) is 0 Å². The average Bonchev–Trinajstić information content (AvgIpc) is 2.01. The van der Waals surface area contributed by atoms with Gasteiger partial charge in [-0.05, 0) is 19.8 Å². The van der Waals surface area contributed by atoms with Crippen molar-refractivity contribution in [1.29, 1.82) is 0 Å². The van der Waals surface area contributed by atoms with E-state index in [1.54, 1.807) is 7.11 Å². The number of methoxy groups -OCH3 is 1. The summed E-state index contributed by atoms with van der Waals surface area (Å²) in [6.07, 6.45) is 7.99. The van der Waals surface area contributed by atoms with Crippen LogP contribution in [0.1, 0.15) is 26.2 Å². The van der Waals surface area contributed by atoms with Crippen molar-refractivity contribution in [2.75, 3.05) is 7.11 Å². The summed E-state index contributed by atoms with van der Waals surface area (Å²) < 4.78 is 5.07. The molecule has 0 heterocycles. The molecule has 11 heavy (non-hydrogen) atoms. The van der Waals surface area contributed by atoms with E-state index in [-0.39, 0.29) is 6.04 Å². The maximum atomic E-state index is 5.69. The van der Waals surface area contributed by atoms with Crippen LogP contribution >= 0.6 is 0 Å². The number of nitrogens with two attached hydrogens (primary N) is 1. The van der Waals surface area contributed by atoms with Gasteiger partial charge in [0.2, 0.25) is 0 Å². The minimum Gasteiger partial charge on any atom is -0.382 e. The summed E-state index contributed by atoms with van der Waals surface area (Å²) in [5.74, 6) is 2.54. The van der Waals surface area contributed by atoms with Gasteiger partial charge in [-0.15, -0.1) is 12.3 Å². The highest BCUT2D eigenvalue weighted by Crippen LogP contribution is 2.03. The first-order valence-electron chi connectivity index (χ1n) is 3.92. The Bertz CT molecular complexity index is 128. The number of hydrogen-bond donors (Lipinski definition) is 1. The van der Waals surface area contributed by atoms with Gasteiger partial charge in [0.25, 0.3) is 0 Å². The third kappa shape index (κ3) is 5.90. The van der Waals surface area contributed by atoms with Crippen molar-refractivity contribution < 1.29 is 4.74 Å². The maximum absolute atomic E-state index is 5.69. The van der Waals surface area contributed by atoms with Gasteiger partial charge in [-0.25, -0.2) is 0 Å². The zero-order valence-corrected chi connectivity index (χ0v) is 7.34. The van der Waals surface area contributed by atoms with Crippen LogP contribution in [0.2, 0.25) is 0 Å². The van der Waals surface area contributed by atoms with Crippen molar-refractivity contribution >= 4 is 0 Å². The van der Waals surface area contributed by atoms with E-state index < -0.39 is 0 Å². The standard InChI is InChI=1S/C9H17NO/c1-4-5-9(10)7-6-8(2)11-3/h1,8-9H,5-7,10H2,2-3H3. The summed E-state index contributed by atoms with van der Waals surface area (Å²) in [5.41, 5.74) is 5.69. The van der Waals surface area contributed by atoms with E-state index in [0.717, 1.165) is 12.8 Å². The van der Waals surface area contributed by atoms with Crippen LogP contribution in [0, 0.1) is 12.3 Å². The minimum absolute atomic E-state index is 0.137. The van der Waals surface area contributed by atoms with E-state index in [2.05, 4.69) is 5.92 Å². The van der Waals surface area contributed by atoms with E-state index in [0.29, 0.717) is 12.5 Å². The molecule has 0 rings (SSSR count). The highest BCUT2D eigenvalue weighted by Gasteiger charge is 2.03. The van der Waals surface area contributed by atoms with Gasteiger partial charge >= 0.3 is 0 Å². The summed E-state index contributed by atoms with van der Waals surface area (Å²) >= 11 is 0. The molecule has 0 amide bonds. The van der Waals surface area contributed by atoms with Crippen molar-refractivity contribution in [1.82, 2.24) is 0 Å². The minimum atomic E-state index is 0.137. The van der Waals surface area contributed by atoms with Gasteiger partial charge < -0.3 is 10.5 Å². The van der Waals surface area contributed by atoms with Crippen molar-refractivity contribution in [3.8, 4) is 12.3 Å². The molecule has 0 radical (unpaired) electrons. The molecule has 0 aliphatic rings. The highest BCUT2D eigenvalue weighted by atomic mass is 16.5. The zero-order chi connectivity index (χ0) is 8.69. The quantitative estimate of drug-likeness (QED) is 0.604. The van der Waals surface area contributed by atoms with Crippen molar-refractivity contribution in [2.24, 2.45) is 5.73 Å². The predicted molar refractivity (Wildman–Crippen MR) is 47.1 cm³/mol. The Labute approximate surface area is 69.1 Å². The molecule has 2 atom stereocenters. The molecule has 64 valence electrons. The molecule has 0 bridgehead atoms. The number of hydrogen-bond acceptors (Lipinski definition) is 2. The Balaban J connectivity index is 3.31. The predicted octanol–water partition coefficient (Wildman–Crippen LogP) is 1.15. The number of terminal acetylenes is 1. The van der Waals surface area contributed by atoms with E-state index in [4.69, 9.17) is 16.9 Å². The molecule has 0 aromatic rings. The van der Waals surface area contributed by atoms with E-state index in [9.17, 15) is 0 Å². The Hall–Kier alpha value is -0.520. The number of rotatable bonds is 5. The smallest absolute Gasteiger partial charge is 0.0543 e. The maximum Gasteiger partial charge on any atom is 0.0543 e. The molecule has 0 saturated heterocycles. The monoisotopic (exact) mass is 155 g/mol. The molecular weight excluding hydrogens is 138 g/mol. The lowest BCUT2D eigenvalue weighted by Gasteiger charge is -2.11. The highest BCUT2D eigenvalue weighted by molar-refractivity contribution is 4.88. The van der Waals surface area contributed by atoms with Crippen LogP contribution in [-0.2, 0) is 4.74 Å². The zero-order valence-electron chi connectivity index (χ0n) is 7.34. The van der Waals surface area contributed by atoms with E-state index >= 15 is 0 Å². The molecule has 0 fully saturated rings. The Morgan fingerprint density at radius 2 is 2.18 bits per heavy atom. The van der Waals surface area contributed by atoms with Gasteiger partial charge in [0.1, 0.15) is 0 Å². The molecule has 2 nitrogen and oxygen atoms in total. The molecule has 0 aromatic heterocycles. The van der Waals surface area contributed by atoms with Crippen LogP contribution in [-0.4, -0.2) is 19.3 Å². The molecular formula is C9H17NO. The van der Waals surface area contributed by atoms with Crippen LogP contribution < -0.4 is 5.73 Å². The third-order valence-electron chi connectivity index (χ3n) is 1.73. The van der Waals surface area contributed by atoms with Gasteiger partial charge in [0.05, 0.1) is 6.10 Å². The number of ether oxygens (including phenoxy) is 1. The van der Waals surface area contributed by atoms with Gasteiger partial charge in [0.15, 0.2) is 0 Å². The second-order valence-corrected chi connectivity index (χ2v) is 2.79. The molecule has 2 heteroatoms. The van der Waals surface area contributed by atoms with Gasteiger partial charge in [-0.3, -0.25) is 0 Å². The lowest BCUT2D eigenvalue weighted by molar-refractivity contribution is 0.107. The molecule has 0 saturated carbocycles. The fraction of sp³-hybridized carbons (Fsp3) is 0.778. The van der Waals surface area contributed by atoms with Gasteiger partial charge in [0, 0.05) is 19.6 Å². The van der Waals surface area contributed by atoms with Crippen LogP contribution in [0.5, 0.6) is 0 Å². The normalized spacial score (nSPS) is 15.5. The first-order valence-corrected chi connectivity index (χ1v) is 3.92. The summed E-state index contributed by atoms with van der Waals surface area (Å²) in [6, 6.07) is 0.137. The Morgan fingerprint density at radius 1 is 1.55 bits per heavy atom. The lowest BCUT2D eigenvalue weighted by Crippen LogP contribution is -2.21. The molecule has 2 unspecified atom stereocenters. The third-order valence-corrected chi connectivity index (χ3v) is 1.73. The Kier molecular flexibility index (Phi) is 5.91. The SMILES string of the molecule is C#CCC(N)CCC(C)OC. The first-order chi connectivity index (χ1) is 5.20. The largest absolute Gasteiger partial charge is 0.382 e. The van der Waals surface area contributed by atoms with Gasteiger partial charge in [-0.2, -0.15) is 0 Å². The van der Waals surface area contributed by atoms with E-state index in [1.165, 1.54) is 0 Å². The summed E-state index contributed by atoms with van der Waals surface area (Å²) in [6.45, 7) is 2.03. The first kappa shape index (κ1) is 10.5. The van der Waals surface area contributed by atoms with Crippen LogP contribution in [0.4, 0.5) is 0 Å². The average molecular weight is 155 g/mol. The fourth-order valence-corrected chi connectivity index (χ4v) is 0.820. The second-order valence-electron chi connectivity index (χ2n) is 2.79. The molecule has 0 aromatic carbocycles. The van der Waals surface area contributed by atoms with Crippen molar-refractivity contribution in [2.45, 2.75) is 38.3 Å². The summed E-state index contributed by atoms with van der Waals surface area (Å²) in [4.78, 5) is 0. The van der Waals surface area contributed by atoms with Crippen molar-refractivity contribution in [3.05, 3.63) is 0 Å². The second kappa shape index (κ2) is 6.21. The summed E-state index contributed by atoms with van der Waals surface area (Å²) in [7, 11) is 1.71. The Morgan fingerprint density at radius 3 is 2.64 bits per heavy atom. The molecule has 0 spiro atoms. The lowest BCUT2D eigenvalue weighted by atomic mass is 10.1. The molecule has 2 N–H and O–H groups in total. The van der Waals surface area contributed by atoms with Crippen LogP contribution in [0.15, 0.2) is 0 Å².